The van der Waals surface area contributed by atoms with Gasteiger partial charge in [0.05, 0.1) is 6.04 Å². The van der Waals surface area contributed by atoms with Crippen LogP contribution in [0.25, 0.3) is 0 Å². The van der Waals surface area contributed by atoms with Crippen LogP contribution in [0.4, 0.5) is 4.39 Å². The van der Waals surface area contributed by atoms with Crippen molar-refractivity contribution in [1.82, 2.24) is 15.1 Å². The number of phenols is 1. The van der Waals surface area contributed by atoms with E-state index < -0.39 is 17.8 Å². The maximum Gasteiger partial charge on any atom is 0.272 e. The van der Waals surface area contributed by atoms with Crippen LogP contribution < -0.4 is 5.32 Å². The number of aromatic nitrogens is 2. The Labute approximate surface area is 158 Å². The van der Waals surface area contributed by atoms with Crippen LogP contribution in [0.15, 0.2) is 53.1 Å². The summed E-state index contributed by atoms with van der Waals surface area (Å²) in [4.78, 5) is 12.6. The zero-order valence-electron chi connectivity index (χ0n) is 14.2. The van der Waals surface area contributed by atoms with Crippen molar-refractivity contribution in [2.45, 2.75) is 13.0 Å². The smallest absolute Gasteiger partial charge is 0.272 e. The number of hydrogen-bond acceptors (Lipinski definition) is 3. The van der Waals surface area contributed by atoms with Crippen LogP contribution in [-0.2, 0) is 7.05 Å². The first-order valence-electron chi connectivity index (χ1n) is 7.90. The molecule has 0 aliphatic heterocycles. The van der Waals surface area contributed by atoms with Crippen molar-refractivity contribution >= 4 is 21.8 Å². The summed E-state index contributed by atoms with van der Waals surface area (Å²) in [5, 5.41) is 17.2. The van der Waals surface area contributed by atoms with Gasteiger partial charge in [0.2, 0.25) is 0 Å². The predicted octanol–water partition coefficient (Wildman–Crippen LogP) is 3.86. The highest BCUT2D eigenvalue weighted by Gasteiger charge is 2.23. The quantitative estimate of drug-likeness (QED) is 0.677. The Balaban J connectivity index is 2.01. The molecule has 0 aliphatic carbocycles. The molecule has 26 heavy (non-hydrogen) atoms. The lowest BCUT2D eigenvalue weighted by Crippen LogP contribution is -2.30. The normalized spacial score (nSPS) is 12.0. The summed E-state index contributed by atoms with van der Waals surface area (Å²) in [6, 6.07) is 12.0. The van der Waals surface area contributed by atoms with Crippen molar-refractivity contribution in [3.05, 3.63) is 81.3 Å². The first-order chi connectivity index (χ1) is 12.3. The number of phenolic OH excluding ortho intramolecular Hbond substituents is 1. The van der Waals surface area contributed by atoms with E-state index in [-0.39, 0.29) is 17.0 Å². The average molecular weight is 418 g/mol. The predicted molar refractivity (Wildman–Crippen MR) is 99.5 cm³/mol. The molecule has 0 spiro atoms. The molecule has 1 aromatic heterocycles. The first kappa shape index (κ1) is 18.1. The van der Waals surface area contributed by atoms with Gasteiger partial charge < -0.3 is 10.4 Å². The van der Waals surface area contributed by atoms with Crippen LogP contribution in [0.1, 0.15) is 33.2 Å². The van der Waals surface area contributed by atoms with Crippen molar-refractivity contribution in [3.8, 4) is 5.75 Å². The van der Waals surface area contributed by atoms with Gasteiger partial charge in [-0.05, 0) is 46.6 Å². The number of benzene rings is 2. The second-order valence-electron chi connectivity index (χ2n) is 6.00. The lowest BCUT2D eigenvalue weighted by molar-refractivity contribution is 0.0937. The number of rotatable bonds is 4. The molecule has 1 atom stereocenters. The van der Waals surface area contributed by atoms with Gasteiger partial charge in [-0.1, -0.05) is 29.8 Å². The van der Waals surface area contributed by atoms with Crippen molar-refractivity contribution in [2.75, 3.05) is 0 Å². The second-order valence-corrected chi connectivity index (χ2v) is 6.81. The Morgan fingerprint density at radius 2 is 1.92 bits per heavy atom. The van der Waals surface area contributed by atoms with E-state index in [0.29, 0.717) is 4.60 Å². The van der Waals surface area contributed by atoms with Crippen molar-refractivity contribution in [2.24, 2.45) is 7.05 Å². The van der Waals surface area contributed by atoms with Crippen LogP contribution in [-0.4, -0.2) is 20.8 Å². The Kier molecular flexibility index (Phi) is 5.08. The van der Waals surface area contributed by atoms with Gasteiger partial charge in [0, 0.05) is 18.7 Å². The molecule has 0 saturated heterocycles. The Morgan fingerprint density at radius 3 is 2.54 bits per heavy atom. The average Bonchev–Trinajstić information content (AvgIpc) is 2.95. The monoisotopic (exact) mass is 417 g/mol. The summed E-state index contributed by atoms with van der Waals surface area (Å²) >= 11 is 3.30. The fourth-order valence-corrected chi connectivity index (χ4v) is 2.91. The summed E-state index contributed by atoms with van der Waals surface area (Å²) in [6.07, 6.45) is 0. The highest BCUT2D eigenvalue weighted by molar-refractivity contribution is 9.10. The minimum atomic E-state index is -0.723. The summed E-state index contributed by atoms with van der Waals surface area (Å²) in [5.74, 6) is -1.02. The topological polar surface area (TPSA) is 67.2 Å². The van der Waals surface area contributed by atoms with Gasteiger partial charge in [-0.3, -0.25) is 9.48 Å². The summed E-state index contributed by atoms with van der Waals surface area (Å²) in [7, 11) is 1.71. The van der Waals surface area contributed by atoms with E-state index in [9.17, 15) is 14.3 Å². The van der Waals surface area contributed by atoms with E-state index in [2.05, 4.69) is 26.3 Å². The Morgan fingerprint density at radius 1 is 1.23 bits per heavy atom. The molecule has 0 bridgehead atoms. The number of hydrogen-bond donors (Lipinski definition) is 2. The zero-order chi connectivity index (χ0) is 18.8. The SMILES string of the molecule is Cc1ccc(C(NC(=O)c2cc(Br)n(C)n2)c2cc(F)ccc2O)cc1. The number of halogens is 2. The molecule has 2 aromatic carbocycles. The molecule has 5 nitrogen and oxygen atoms in total. The van der Waals surface area contributed by atoms with Crippen LogP contribution in [0, 0.1) is 12.7 Å². The Hall–Kier alpha value is -2.67. The van der Waals surface area contributed by atoms with E-state index >= 15 is 0 Å². The maximum atomic E-state index is 13.8. The third-order valence-corrected chi connectivity index (χ3v) is 4.78. The molecule has 7 heteroatoms. The largest absolute Gasteiger partial charge is 0.508 e. The maximum absolute atomic E-state index is 13.8. The van der Waals surface area contributed by atoms with Crippen LogP contribution in [0.2, 0.25) is 0 Å². The molecule has 0 aliphatic rings. The summed E-state index contributed by atoms with van der Waals surface area (Å²) in [5.41, 5.74) is 2.26. The molecule has 0 fully saturated rings. The van der Waals surface area contributed by atoms with Crippen molar-refractivity contribution in [3.63, 3.8) is 0 Å². The number of amides is 1. The fraction of sp³-hybridized carbons (Fsp3) is 0.158. The second kappa shape index (κ2) is 7.29. The highest BCUT2D eigenvalue weighted by atomic mass is 79.9. The molecule has 2 N–H and O–H groups in total. The van der Waals surface area contributed by atoms with Crippen molar-refractivity contribution < 1.29 is 14.3 Å². The van der Waals surface area contributed by atoms with Crippen LogP contribution in [0.3, 0.4) is 0 Å². The molecule has 1 heterocycles. The zero-order valence-corrected chi connectivity index (χ0v) is 15.8. The number of nitrogens with one attached hydrogen (secondary N) is 1. The number of nitrogens with zero attached hydrogens (tertiary/aromatic N) is 2. The number of aryl methyl sites for hydroxylation is 2. The minimum Gasteiger partial charge on any atom is -0.508 e. The van der Waals surface area contributed by atoms with Gasteiger partial charge in [-0.15, -0.1) is 0 Å². The van der Waals surface area contributed by atoms with Gasteiger partial charge in [-0.25, -0.2) is 4.39 Å². The molecule has 0 saturated carbocycles. The highest BCUT2D eigenvalue weighted by Crippen LogP contribution is 2.30. The third kappa shape index (κ3) is 3.77. The van der Waals surface area contributed by atoms with E-state index in [0.717, 1.165) is 11.1 Å². The van der Waals surface area contributed by atoms with E-state index in [1.54, 1.807) is 13.1 Å². The number of carbonyl (C=O) groups is 1. The van der Waals surface area contributed by atoms with Gasteiger partial charge in [0.25, 0.3) is 5.91 Å². The lowest BCUT2D eigenvalue weighted by Gasteiger charge is -2.20. The minimum absolute atomic E-state index is 0.0977. The number of aromatic hydroxyl groups is 1. The lowest BCUT2D eigenvalue weighted by atomic mass is 9.96. The van der Waals surface area contributed by atoms with Gasteiger partial charge in [-0.2, -0.15) is 5.10 Å². The molecule has 3 rings (SSSR count). The first-order valence-corrected chi connectivity index (χ1v) is 8.70. The number of carbonyl (C=O) groups excluding carboxylic acids is 1. The molecule has 1 amide bonds. The summed E-state index contributed by atoms with van der Waals surface area (Å²) < 4.78 is 15.9. The Bertz CT molecular complexity index is 934. The van der Waals surface area contributed by atoms with Gasteiger partial charge >= 0.3 is 0 Å². The third-order valence-electron chi connectivity index (χ3n) is 4.04. The molecule has 1 unspecified atom stereocenters. The van der Waals surface area contributed by atoms with Gasteiger partial charge in [0.15, 0.2) is 5.69 Å². The summed E-state index contributed by atoms with van der Waals surface area (Å²) in [6.45, 7) is 1.95. The van der Waals surface area contributed by atoms with Crippen molar-refractivity contribution in [1.29, 1.82) is 0 Å². The molecular weight excluding hydrogens is 401 g/mol. The van der Waals surface area contributed by atoms with E-state index in [1.165, 1.54) is 22.9 Å². The van der Waals surface area contributed by atoms with Gasteiger partial charge in [0.1, 0.15) is 16.2 Å². The van der Waals surface area contributed by atoms with E-state index in [4.69, 9.17) is 0 Å². The van der Waals surface area contributed by atoms with Crippen LogP contribution in [0.5, 0.6) is 5.75 Å². The molecule has 134 valence electrons. The molecule has 3 aromatic rings. The van der Waals surface area contributed by atoms with E-state index in [1.807, 2.05) is 31.2 Å². The molecule has 0 radical (unpaired) electrons. The standard InChI is InChI=1S/C19H17BrFN3O2/c1-11-3-5-12(6-4-11)18(14-9-13(21)7-8-16(14)25)22-19(26)15-10-17(20)24(2)23-15/h3-10,18,25H,1-2H3,(H,22,26). The van der Waals surface area contributed by atoms with Crippen LogP contribution >= 0.6 is 15.9 Å². The fourth-order valence-electron chi connectivity index (χ4n) is 2.62. The molecular formula is C19H17BrFN3O2.